The number of nitrogens with one attached hydrogen (secondary N) is 1. The molecule has 1 heterocycles. The van der Waals surface area contributed by atoms with Crippen LogP contribution in [0.2, 0.25) is 0 Å². The summed E-state index contributed by atoms with van der Waals surface area (Å²) in [6, 6.07) is 29.6. The smallest absolute Gasteiger partial charge is 0.290 e. The van der Waals surface area contributed by atoms with E-state index in [0.717, 1.165) is 17.5 Å². The van der Waals surface area contributed by atoms with Gasteiger partial charge in [-0.2, -0.15) is 0 Å². The van der Waals surface area contributed by atoms with Crippen LogP contribution in [0.1, 0.15) is 40.2 Å². The maximum Gasteiger partial charge on any atom is 0.290 e. The van der Waals surface area contributed by atoms with Crippen molar-refractivity contribution in [3.05, 3.63) is 131 Å². The first-order valence-electron chi connectivity index (χ1n) is 13.1. The number of benzene rings is 4. The van der Waals surface area contributed by atoms with E-state index >= 15 is 0 Å². The SMILES string of the molecule is Nc1ccccc1NC(=O)C1=CC(c2cccc3c2Cc2ccccc2-3)CC(OCc2ccc(CO)cc2)O1. The van der Waals surface area contributed by atoms with Crippen LogP contribution in [-0.4, -0.2) is 17.3 Å². The first-order valence-corrected chi connectivity index (χ1v) is 13.1. The minimum atomic E-state index is -0.619. The van der Waals surface area contributed by atoms with Crippen molar-refractivity contribution in [1.29, 1.82) is 0 Å². The molecule has 0 saturated carbocycles. The fraction of sp³-hybridized carbons (Fsp3) is 0.182. The van der Waals surface area contributed by atoms with Crippen LogP contribution in [0.3, 0.4) is 0 Å². The number of nitrogen functional groups attached to an aromatic ring is 1. The van der Waals surface area contributed by atoms with Gasteiger partial charge >= 0.3 is 0 Å². The molecule has 2 aliphatic rings. The Hall–Kier alpha value is -4.39. The molecule has 1 aliphatic heterocycles. The van der Waals surface area contributed by atoms with Gasteiger partial charge in [-0.1, -0.05) is 78.9 Å². The summed E-state index contributed by atoms with van der Waals surface area (Å²) in [6.45, 7) is 0.316. The summed E-state index contributed by atoms with van der Waals surface area (Å²) in [4.78, 5) is 13.4. The molecule has 0 saturated heterocycles. The monoisotopic (exact) mass is 518 g/mol. The number of anilines is 2. The molecular weight excluding hydrogens is 488 g/mol. The molecule has 0 radical (unpaired) electrons. The van der Waals surface area contributed by atoms with Gasteiger partial charge in [0.2, 0.25) is 6.29 Å². The van der Waals surface area contributed by atoms with Crippen LogP contribution in [0, 0.1) is 0 Å². The van der Waals surface area contributed by atoms with E-state index in [1.54, 1.807) is 12.1 Å². The number of hydrogen-bond acceptors (Lipinski definition) is 5. The Labute approximate surface area is 227 Å². The van der Waals surface area contributed by atoms with Crippen LogP contribution in [0.4, 0.5) is 11.4 Å². The third kappa shape index (κ3) is 5.17. The quantitative estimate of drug-likeness (QED) is 0.233. The zero-order valence-corrected chi connectivity index (χ0v) is 21.5. The van der Waals surface area contributed by atoms with Crippen LogP contribution < -0.4 is 11.1 Å². The molecule has 196 valence electrons. The van der Waals surface area contributed by atoms with Crippen molar-refractivity contribution in [3.63, 3.8) is 0 Å². The van der Waals surface area contributed by atoms with Crippen molar-refractivity contribution < 1.29 is 19.4 Å². The van der Waals surface area contributed by atoms with Crippen molar-refractivity contribution in [2.75, 3.05) is 11.1 Å². The van der Waals surface area contributed by atoms with E-state index in [9.17, 15) is 9.90 Å². The van der Waals surface area contributed by atoms with Gasteiger partial charge in [0.05, 0.1) is 24.6 Å². The minimum Gasteiger partial charge on any atom is -0.459 e. The average Bonchev–Trinajstić information content (AvgIpc) is 3.36. The molecule has 6 heteroatoms. The summed E-state index contributed by atoms with van der Waals surface area (Å²) < 4.78 is 12.3. The predicted octanol–water partition coefficient (Wildman–Crippen LogP) is 5.90. The number of carbonyl (C=O) groups is 1. The molecule has 0 bridgehead atoms. The van der Waals surface area contributed by atoms with Crippen LogP contribution in [-0.2, 0) is 33.9 Å². The Kier molecular flexibility index (Phi) is 6.88. The number of aliphatic hydroxyl groups is 1. The molecule has 0 aromatic heterocycles. The standard InChI is InChI=1S/C33H30N2O4/c34-29-10-3-4-11-30(29)35-33(37)31-17-24(18-32(39-31)38-20-22-14-12-21(19-36)13-15-22)26-8-5-9-27-25-7-2-1-6-23(25)16-28(26)27/h1-15,17,24,32,36H,16,18-20,34H2,(H,35,37). The van der Waals surface area contributed by atoms with Crippen molar-refractivity contribution in [2.45, 2.75) is 38.3 Å². The molecule has 0 spiro atoms. The second-order valence-corrected chi connectivity index (χ2v) is 9.95. The van der Waals surface area contributed by atoms with Gasteiger partial charge in [-0.3, -0.25) is 4.79 Å². The Bertz CT molecular complexity index is 1540. The maximum absolute atomic E-state index is 13.4. The summed E-state index contributed by atoms with van der Waals surface area (Å²) in [6.07, 6.45) is 2.72. The number of para-hydroxylation sites is 2. The first-order chi connectivity index (χ1) is 19.1. The molecule has 4 N–H and O–H groups in total. The second-order valence-electron chi connectivity index (χ2n) is 9.95. The number of rotatable bonds is 7. The number of hydrogen-bond donors (Lipinski definition) is 3. The number of fused-ring (bicyclic) bond motifs is 3. The highest BCUT2D eigenvalue weighted by Crippen LogP contribution is 2.43. The van der Waals surface area contributed by atoms with E-state index in [0.29, 0.717) is 24.4 Å². The van der Waals surface area contributed by atoms with E-state index < -0.39 is 6.29 Å². The van der Waals surface area contributed by atoms with Gasteiger partial charge in [0.1, 0.15) is 0 Å². The lowest BCUT2D eigenvalue weighted by Gasteiger charge is -2.30. The molecule has 6 nitrogen and oxygen atoms in total. The maximum atomic E-state index is 13.4. The summed E-state index contributed by atoms with van der Waals surface area (Å²) in [5.74, 6) is -0.226. The van der Waals surface area contributed by atoms with Crippen molar-refractivity contribution in [2.24, 2.45) is 0 Å². The van der Waals surface area contributed by atoms with Crippen molar-refractivity contribution >= 4 is 17.3 Å². The Morgan fingerprint density at radius 1 is 0.923 bits per heavy atom. The highest BCUT2D eigenvalue weighted by molar-refractivity contribution is 6.04. The molecule has 4 aromatic carbocycles. The number of allylic oxidation sites excluding steroid dienone is 1. The van der Waals surface area contributed by atoms with Gasteiger partial charge in [0.25, 0.3) is 5.91 Å². The van der Waals surface area contributed by atoms with E-state index in [1.165, 1.54) is 27.8 Å². The third-order valence-corrected chi connectivity index (χ3v) is 7.42. The first kappa shape index (κ1) is 24.9. The number of carbonyl (C=O) groups excluding carboxylic acids is 1. The number of amides is 1. The van der Waals surface area contributed by atoms with Crippen LogP contribution in [0.15, 0.2) is 103 Å². The zero-order valence-electron chi connectivity index (χ0n) is 21.5. The van der Waals surface area contributed by atoms with E-state index in [-0.39, 0.29) is 24.2 Å². The van der Waals surface area contributed by atoms with Crippen molar-refractivity contribution in [1.82, 2.24) is 0 Å². The fourth-order valence-electron chi connectivity index (χ4n) is 5.39. The molecular formula is C33H30N2O4. The molecule has 4 aromatic rings. The van der Waals surface area contributed by atoms with Crippen LogP contribution >= 0.6 is 0 Å². The van der Waals surface area contributed by atoms with E-state index in [1.807, 2.05) is 42.5 Å². The highest BCUT2D eigenvalue weighted by atomic mass is 16.7. The Morgan fingerprint density at radius 2 is 1.67 bits per heavy atom. The number of aliphatic hydroxyl groups excluding tert-OH is 1. The molecule has 39 heavy (non-hydrogen) atoms. The van der Waals surface area contributed by atoms with Gasteiger partial charge in [0, 0.05) is 12.3 Å². The van der Waals surface area contributed by atoms with Crippen molar-refractivity contribution in [3.8, 4) is 11.1 Å². The summed E-state index contributed by atoms with van der Waals surface area (Å²) in [7, 11) is 0. The molecule has 6 rings (SSSR count). The largest absolute Gasteiger partial charge is 0.459 e. The Morgan fingerprint density at radius 3 is 2.49 bits per heavy atom. The van der Waals surface area contributed by atoms with E-state index in [4.69, 9.17) is 15.2 Å². The van der Waals surface area contributed by atoms with Gasteiger partial charge in [-0.15, -0.1) is 0 Å². The molecule has 1 aliphatic carbocycles. The number of nitrogens with two attached hydrogens (primary N) is 1. The number of ether oxygens (including phenoxy) is 2. The lowest BCUT2D eigenvalue weighted by molar-refractivity contribution is -0.147. The topological polar surface area (TPSA) is 93.8 Å². The normalized spacial score (nSPS) is 17.5. The van der Waals surface area contributed by atoms with Gasteiger partial charge in [-0.25, -0.2) is 0 Å². The summed E-state index contributed by atoms with van der Waals surface area (Å²) in [5.41, 5.74) is 15.2. The van der Waals surface area contributed by atoms with Gasteiger partial charge in [-0.05, 0) is 63.6 Å². The summed E-state index contributed by atoms with van der Waals surface area (Å²) in [5, 5.41) is 12.2. The lowest BCUT2D eigenvalue weighted by atomic mass is 9.87. The Balaban J connectivity index is 1.29. The van der Waals surface area contributed by atoms with E-state index in [2.05, 4.69) is 47.8 Å². The predicted molar refractivity (Wildman–Crippen MR) is 152 cm³/mol. The highest BCUT2D eigenvalue weighted by Gasteiger charge is 2.32. The molecule has 0 fully saturated rings. The molecule has 2 atom stereocenters. The van der Waals surface area contributed by atoms with Crippen LogP contribution in [0.5, 0.6) is 0 Å². The fourth-order valence-corrected chi connectivity index (χ4v) is 5.39. The molecule has 2 unspecified atom stereocenters. The average molecular weight is 519 g/mol. The third-order valence-electron chi connectivity index (χ3n) is 7.42. The zero-order chi connectivity index (χ0) is 26.8. The van der Waals surface area contributed by atoms with Gasteiger partial charge in [0.15, 0.2) is 5.76 Å². The minimum absolute atomic E-state index is 0.00495. The lowest BCUT2D eigenvalue weighted by Crippen LogP contribution is -2.29. The second kappa shape index (κ2) is 10.8. The molecule has 1 amide bonds. The summed E-state index contributed by atoms with van der Waals surface area (Å²) >= 11 is 0. The van der Waals surface area contributed by atoms with Crippen LogP contribution in [0.25, 0.3) is 11.1 Å². The van der Waals surface area contributed by atoms with Gasteiger partial charge < -0.3 is 25.6 Å².